The molecule has 0 aliphatic carbocycles. The smallest absolute Gasteiger partial charge is 0.352 e. The van der Waals surface area contributed by atoms with E-state index >= 15 is 0 Å². The van der Waals surface area contributed by atoms with Gasteiger partial charge in [0.2, 0.25) is 11.8 Å². The van der Waals surface area contributed by atoms with E-state index in [4.69, 9.17) is 0 Å². The molecule has 2 atom stereocenters. The number of carbonyl (C=O) groups excluding carboxylic acids is 2. The van der Waals surface area contributed by atoms with Gasteiger partial charge in [-0.05, 0) is 70.0 Å². The second kappa shape index (κ2) is 13.4. The van der Waals surface area contributed by atoms with E-state index in [1.165, 1.54) is 30.0 Å². The Morgan fingerprint density at radius 2 is 1.48 bits per heavy atom. The molecule has 7 nitrogen and oxygen atoms in total. The van der Waals surface area contributed by atoms with Crippen LogP contribution in [-0.2, 0) is 32.3 Å². The Kier molecular flexibility index (Phi) is 10.4. The van der Waals surface area contributed by atoms with Gasteiger partial charge >= 0.3 is 6.18 Å². The third-order valence-electron chi connectivity index (χ3n) is 6.99. The molecule has 11 heteroatoms. The summed E-state index contributed by atoms with van der Waals surface area (Å²) in [5, 5.41) is 2.84. The molecule has 0 radical (unpaired) electrons. The quantitative estimate of drug-likeness (QED) is 0.298. The van der Waals surface area contributed by atoms with Crippen LogP contribution in [0.3, 0.4) is 0 Å². The summed E-state index contributed by atoms with van der Waals surface area (Å²) in [5.41, 5.74) is 1.07. The van der Waals surface area contributed by atoms with Gasteiger partial charge in [-0.1, -0.05) is 60.5 Å². The third kappa shape index (κ3) is 8.12. The first-order valence-corrected chi connectivity index (χ1v) is 15.0. The first kappa shape index (κ1) is 32.7. The van der Waals surface area contributed by atoms with E-state index in [2.05, 4.69) is 5.32 Å². The lowest BCUT2D eigenvalue weighted by atomic mass is 10.1. The van der Waals surface area contributed by atoms with Crippen LogP contribution in [0, 0.1) is 13.8 Å². The summed E-state index contributed by atoms with van der Waals surface area (Å²) in [6, 6.07) is 15.7. The molecule has 42 heavy (non-hydrogen) atoms. The van der Waals surface area contributed by atoms with Crippen LogP contribution in [0.5, 0.6) is 0 Å². The maximum Gasteiger partial charge on any atom is 0.416 e. The highest BCUT2D eigenvalue weighted by molar-refractivity contribution is 7.92. The van der Waals surface area contributed by atoms with Crippen LogP contribution < -0.4 is 9.62 Å². The van der Waals surface area contributed by atoms with E-state index in [1.807, 2.05) is 32.9 Å². The van der Waals surface area contributed by atoms with E-state index in [1.54, 1.807) is 31.2 Å². The molecule has 0 aromatic heterocycles. The summed E-state index contributed by atoms with van der Waals surface area (Å²) in [4.78, 5) is 28.1. The van der Waals surface area contributed by atoms with Crippen molar-refractivity contribution in [3.8, 4) is 0 Å². The predicted octanol–water partition coefficient (Wildman–Crippen LogP) is 5.85. The fraction of sp³-hybridized carbons (Fsp3) is 0.355. The fourth-order valence-corrected chi connectivity index (χ4v) is 5.55. The second-order valence-electron chi connectivity index (χ2n) is 10.4. The van der Waals surface area contributed by atoms with Crippen molar-refractivity contribution in [3.63, 3.8) is 0 Å². The second-order valence-corrected chi connectivity index (χ2v) is 12.2. The number of rotatable bonds is 11. The van der Waals surface area contributed by atoms with Crippen LogP contribution >= 0.6 is 0 Å². The topological polar surface area (TPSA) is 86.8 Å². The van der Waals surface area contributed by atoms with Crippen molar-refractivity contribution in [2.24, 2.45) is 0 Å². The average Bonchev–Trinajstić information content (AvgIpc) is 2.94. The Labute approximate surface area is 245 Å². The van der Waals surface area contributed by atoms with Crippen LogP contribution in [-0.4, -0.2) is 43.8 Å². The van der Waals surface area contributed by atoms with Crippen molar-refractivity contribution >= 4 is 27.5 Å². The molecule has 3 aromatic carbocycles. The molecule has 0 aliphatic rings. The van der Waals surface area contributed by atoms with Crippen LogP contribution in [0.2, 0.25) is 0 Å². The molecular weight excluding hydrogens is 567 g/mol. The van der Waals surface area contributed by atoms with Gasteiger partial charge in [0.25, 0.3) is 10.0 Å². The molecule has 2 amide bonds. The number of alkyl halides is 3. The SMILES string of the molecule is CC[C@H](C)NC(=O)[C@@H](C)N(Cc1ccc(C)cc1)C(=O)CN(c1cccc(C(F)(F)F)c1)S(=O)(=O)c1ccc(C)cc1. The molecule has 226 valence electrons. The first-order valence-electron chi connectivity index (χ1n) is 13.6. The van der Waals surface area contributed by atoms with E-state index in [9.17, 15) is 31.2 Å². The van der Waals surface area contributed by atoms with Gasteiger partial charge in [0.1, 0.15) is 12.6 Å². The van der Waals surface area contributed by atoms with Crippen LogP contribution in [0.15, 0.2) is 77.7 Å². The van der Waals surface area contributed by atoms with E-state index in [0.717, 1.165) is 23.3 Å². The lowest BCUT2D eigenvalue weighted by Gasteiger charge is -2.32. The number of aryl methyl sites for hydroxylation is 2. The predicted molar refractivity (Wildman–Crippen MR) is 156 cm³/mol. The zero-order chi connectivity index (χ0) is 31.2. The number of nitrogens with one attached hydrogen (secondary N) is 1. The molecule has 1 N–H and O–H groups in total. The largest absolute Gasteiger partial charge is 0.416 e. The van der Waals surface area contributed by atoms with E-state index < -0.39 is 46.2 Å². The highest BCUT2D eigenvalue weighted by Gasteiger charge is 2.35. The molecule has 0 saturated carbocycles. The van der Waals surface area contributed by atoms with Gasteiger partial charge in [0.15, 0.2) is 0 Å². The lowest BCUT2D eigenvalue weighted by molar-refractivity contribution is -0.139. The Balaban J connectivity index is 2.08. The number of hydrogen-bond acceptors (Lipinski definition) is 4. The summed E-state index contributed by atoms with van der Waals surface area (Å²) in [7, 11) is -4.49. The Bertz CT molecular complexity index is 1490. The summed E-state index contributed by atoms with van der Waals surface area (Å²) in [6.07, 6.45) is -4.08. The van der Waals surface area contributed by atoms with Gasteiger partial charge < -0.3 is 10.2 Å². The molecule has 0 heterocycles. The minimum atomic E-state index is -4.74. The average molecular weight is 604 g/mol. The van der Waals surface area contributed by atoms with Gasteiger partial charge in [-0.3, -0.25) is 13.9 Å². The Morgan fingerprint density at radius 1 is 0.905 bits per heavy atom. The Hall–Kier alpha value is -3.86. The molecule has 3 rings (SSSR count). The molecule has 0 spiro atoms. The lowest BCUT2D eigenvalue weighted by Crippen LogP contribution is -2.52. The van der Waals surface area contributed by atoms with Crippen molar-refractivity contribution in [1.82, 2.24) is 10.2 Å². The number of amides is 2. The fourth-order valence-electron chi connectivity index (χ4n) is 4.14. The van der Waals surface area contributed by atoms with Crippen molar-refractivity contribution in [2.45, 2.75) is 70.7 Å². The van der Waals surface area contributed by atoms with E-state index in [-0.39, 0.29) is 23.2 Å². The van der Waals surface area contributed by atoms with Gasteiger partial charge in [0, 0.05) is 12.6 Å². The van der Waals surface area contributed by atoms with Crippen LogP contribution in [0.25, 0.3) is 0 Å². The summed E-state index contributed by atoms with van der Waals surface area (Å²) in [5.74, 6) is -1.19. The minimum Gasteiger partial charge on any atom is -0.352 e. The molecule has 0 unspecified atom stereocenters. The number of benzene rings is 3. The van der Waals surface area contributed by atoms with Crippen molar-refractivity contribution in [3.05, 3.63) is 95.1 Å². The molecular formula is C31H36F3N3O4S. The number of sulfonamides is 1. The van der Waals surface area contributed by atoms with Crippen molar-refractivity contribution in [1.29, 1.82) is 0 Å². The number of halogens is 3. The zero-order valence-electron chi connectivity index (χ0n) is 24.3. The van der Waals surface area contributed by atoms with Crippen molar-refractivity contribution < 1.29 is 31.2 Å². The molecule has 0 bridgehead atoms. The highest BCUT2D eigenvalue weighted by Crippen LogP contribution is 2.33. The number of carbonyl (C=O) groups is 2. The number of nitrogens with zero attached hydrogens (tertiary/aromatic N) is 2. The molecule has 0 saturated heterocycles. The maximum atomic E-state index is 13.9. The molecule has 0 aliphatic heterocycles. The van der Waals surface area contributed by atoms with Gasteiger partial charge in [-0.15, -0.1) is 0 Å². The molecule has 0 fully saturated rings. The minimum absolute atomic E-state index is 0.0186. The van der Waals surface area contributed by atoms with Gasteiger partial charge in [-0.2, -0.15) is 13.2 Å². The Morgan fingerprint density at radius 3 is 2.02 bits per heavy atom. The maximum absolute atomic E-state index is 13.9. The summed E-state index contributed by atoms with van der Waals surface area (Å²) in [6.45, 7) is 8.07. The van der Waals surface area contributed by atoms with Crippen molar-refractivity contribution in [2.75, 3.05) is 10.8 Å². The molecule has 3 aromatic rings. The van der Waals surface area contributed by atoms with Gasteiger partial charge in [-0.25, -0.2) is 8.42 Å². The zero-order valence-corrected chi connectivity index (χ0v) is 25.1. The van der Waals surface area contributed by atoms with Gasteiger partial charge in [0.05, 0.1) is 16.1 Å². The summed E-state index contributed by atoms with van der Waals surface area (Å²) < 4.78 is 69.1. The monoisotopic (exact) mass is 603 g/mol. The number of hydrogen-bond donors (Lipinski definition) is 1. The van der Waals surface area contributed by atoms with Crippen LogP contribution in [0.1, 0.15) is 49.4 Å². The first-order chi connectivity index (χ1) is 19.6. The third-order valence-corrected chi connectivity index (χ3v) is 8.78. The van der Waals surface area contributed by atoms with E-state index in [0.29, 0.717) is 22.4 Å². The summed E-state index contributed by atoms with van der Waals surface area (Å²) >= 11 is 0. The van der Waals surface area contributed by atoms with Crippen LogP contribution in [0.4, 0.5) is 18.9 Å². The normalized spacial score (nSPS) is 13.2. The highest BCUT2D eigenvalue weighted by atomic mass is 32.2. The number of anilines is 1. The standard InChI is InChI=1S/C31H36F3N3O4S/c1-6-23(4)35-30(39)24(5)36(19-25-14-10-21(2)11-15-25)29(38)20-37(27-9-7-8-26(18-27)31(32,33)34)42(40,41)28-16-12-22(3)13-17-28/h7-18,23-24H,6,19-20H2,1-5H3,(H,35,39)/t23-,24+/m0/s1.